The van der Waals surface area contributed by atoms with Gasteiger partial charge in [0.25, 0.3) is 0 Å². The van der Waals surface area contributed by atoms with Crippen molar-refractivity contribution in [3.63, 3.8) is 0 Å². The predicted octanol–water partition coefficient (Wildman–Crippen LogP) is 1.02. The van der Waals surface area contributed by atoms with Gasteiger partial charge in [0, 0.05) is 6.54 Å². The summed E-state index contributed by atoms with van der Waals surface area (Å²) in [4.78, 5) is 0. The van der Waals surface area contributed by atoms with E-state index in [1.54, 1.807) is 0 Å². The Morgan fingerprint density at radius 1 is 1.36 bits per heavy atom. The largest absolute Gasteiger partial charge is 0.376 e. The third-order valence-electron chi connectivity index (χ3n) is 1.31. The van der Waals surface area contributed by atoms with Crippen molar-refractivity contribution in [2.24, 2.45) is 5.73 Å². The fourth-order valence-corrected chi connectivity index (χ4v) is 0.857. The van der Waals surface area contributed by atoms with Gasteiger partial charge < -0.3 is 11.1 Å². The first-order valence-corrected chi connectivity index (χ1v) is 3.77. The minimum Gasteiger partial charge on any atom is -0.376 e. The highest BCUT2D eigenvalue weighted by atomic mass is 32.1. The molecular formula is C8H10N2S. The Bertz CT molecular complexity index is 233. The molecule has 0 unspecified atom stereocenters. The molecule has 0 saturated carbocycles. The Hall–Kier alpha value is -1.09. The van der Waals surface area contributed by atoms with E-state index in [9.17, 15) is 0 Å². The van der Waals surface area contributed by atoms with Gasteiger partial charge in [0.15, 0.2) is 5.11 Å². The third-order valence-corrected chi connectivity index (χ3v) is 1.45. The van der Waals surface area contributed by atoms with Gasteiger partial charge in [-0.05, 0) is 17.8 Å². The van der Waals surface area contributed by atoms with E-state index < -0.39 is 0 Å². The van der Waals surface area contributed by atoms with E-state index in [1.165, 1.54) is 5.56 Å². The van der Waals surface area contributed by atoms with Crippen LogP contribution in [0.5, 0.6) is 0 Å². The maximum Gasteiger partial charge on any atom is 0.163 e. The number of hydrogen-bond donors (Lipinski definition) is 2. The first-order chi connectivity index (χ1) is 5.29. The highest BCUT2D eigenvalue weighted by Crippen LogP contribution is 1.96. The molecule has 0 radical (unpaired) electrons. The molecule has 3 heteroatoms. The lowest BCUT2D eigenvalue weighted by atomic mass is 10.2. The summed E-state index contributed by atoms with van der Waals surface area (Å²) in [6, 6.07) is 9.98. The van der Waals surface area contributed by atoms with E-state index in [1.807, 2.05) is 30.3 Å². The van der Waals surface area contributed by atoms with Crippen LogP contribution in [0, 0.1) is 0 Å². The molecule has 1 rings (SSSR count). The first-order valence-electron chi connectivity index (χ1n) is 3.36. The number of nitrogens with two attached hydrogens (primary N) is 1. The van der Waals surface area contributed by atoms with E-state index in [4.69, 9.17) is 5.73 Å². The van der Waals surface area contributed by atoms with Crippen LogP contribution in [0.15, 0.2) is 30.3 Å². The van der Waals surface area contributed by atoms with Crippen molar-refractivity contribution in [1.29, 1.82) is 0 Å². The summed E-state index contributed by atoms with van der Waals surface area (Å²) < 4.78 is 0. The van der Waals surface area contributed by atoms with Crippen LogP contribution in [-0.2, 0) is 6.54 Å². The zero-order valence-electron chi connectivity index (χ0n) is 6.08. The fourth-order valence-electron chi connectivity index (χ4n) is 0.785. The maximum atomic E-state index is 5.26. The molecule has 0 bridgehead atoms. The summed E-state index contributed by atoms with van der Waals surface area (Å²) in [6.45, 7) is 0.705. The van der Waals surface area contributed by atoms with Crippen LogP contribution in [0.3, 0.4) is 0 Å². The van der Waals surface area contributed by atoms with Crippen molar-refractivity contribution in [3.8, 4) is 0 Å². The second kappa shape index (κ2) is 3.93. The highest BCUT2D eigenvalue weighted by molar-refractivity contribution is 7.80. The Morgan fingerprint density at radius 2 is 2.00 bits per heavy atom. The van der Waals surface area contributed by atoms with Crippen LogP contribution in [0.25, 0.3) is 0 Å². The van der Waals surface area contributed by atoms with Gasteiger partial charge in [0.2, 0.25) is 0 Å². The van der Waals surface area contributed by atoms with E-state index in [0.29, 0.717) is 11.7 Å². The number of rotatable bonds is 2. The molecule has 0 saturated heterocycles. The monoisotopic (exact) mass is 167 g/mol. The average Bonchev–Trinajstić information content (AvgIpc) is 2.03. The van der Waals surface area contributed by atoms with Crippen molar-refractivity contribution in [2.45, 2.75) is 6.54 Å². The summed E-state index contributed by atoms with van der Waals surface area (Å²) in [7, 11) is 0. The molecule has 0 aliphatic carbocycles. The van der Waals surface area contributed by atoms with Gasteiger partial charge in [-0.15, -0.1) is 0 Å². The molecule has 0 aliphatic rings. The highest BCUT2D eigenvalue weighted by Gasteiger charge is 1.89. The van der Waals surface area contributed by atoms with Crippen LogP contribution in [0.4, 0.5) is 0 Å². The molecule has 0 fully saturated rings. The Balaban J connectivity index is 2.45. The number of nitrogens with one attached hydrogen (secondary N) is 1. The van der Waals surface area contributed by atoms with Gasteiger partial charge in [-0.3, -0.25) is 0 Å². The van der Waals surface area contributed by atoms with Crippen LogP contribution < -0.4 is 11.1 Å². The Morgan fingerprint density at radius 3 is 2.55 bits per heavy atom. The zero-order valence-corrected chi connectivity index (χ0v) is 6.90. The van der Waals surface area contributed by atoms with Crippen molar-refractivity contribution in [1.82, 2.24) is 5.32 Å². The quantitative estimate of drug-likeness (QED) is 0.510. The summed E-state index contributed by atoms with van der Waals surface area (Å²) in [6.07, 6.45) is 0. The average molecular weight is 167 g/mol. The molecule has 0 amide bonds. The minimum atomic E-state index is 0.342. The Kier molecular flexibility index (Phi) is 2.86. The van der Waals surface area contributed by atoms with E-state index >= 15 is 0 Å². The third kappa shape index (κ3) is 3.00. The number of hydrogen-bond acceptors (Lipinski definition) is 1. The lowest BCUT2D eigenvalue weighted by Gasteiger charge is -2.02. The summed E-state index contributed by atoms with van der Waals surface area (Å²) in [5.74, 6) is 0. The van der Waals surface area contributed by atoms with Gasteiger partial charge in [0.05, 0.1) is 0 Å². The van der Waals surface area contributed by atoms with Crippen molar-refractivity contribution >= 4 is 17.3 Å². The number of thiocarbonyl (C=S) groups is 1. The van der Waals surface area contributed by atoms with Crippen molar-refractivity contribution < 1.29 is 0 Å². The van der Waals surface area contributed by atoms with E-state index in [-0.39, 0.29) is 0 Å². The van der Waals surface area contributed by atoms with E-state index in [2.05, 4.69) is 17.5 Å². The second-order valence-electron chi connectivity index (χ2n) is 2.20. The van der Waals surface area contributed by atoms with Crippen LogP contribution in [-0.4, -0.2) is 5.11 Å². The van der Waals surface area contributed by atoms with Crippen molar-refractivity contribution in [3.05, 3.63) is 35.9 Å². The SMILES string of the molecule is N[13C](=S)NCc1ccccc1. The second-order valence-corrected chi connectivity index (χ2v) is 2.64. The molecule has 1 aromatic rings. The normalized spacial score (nSPS) is 9.09. The fraction of sp³-hybridized carbons (Fsp3) is 0.125. The molecule has 0 aromatic heterocycles. The molecule has 1 aromatic carbocycles. The lowest BCUT2D eigenvalue weighted by molar-refractivity contribution is 0.920. The van der Waals surface area contributed by atoms with Gasteiger partial charge in [-0.2, -0.15) is 0 Å². The predicted molar refractivity (Wildman–Crippen MR) is 50.1 cm³/mol. The standard InChI is InChI=1S/C8H10N2S/c9-8(11)10-6-7-4-2-1-3-5-7/h1-5H,6H2,(H3,9,10,11)/i8+1. The Labute approximate surface area is 71.4 Å². The summed E-state index contributed by atoms with van der Waals surface area (Å²) >= 11 is 4.66. The molecule has 3 N–H and O–H groups in total. The molecule has 58 valence electrons. The van der Waals surface area contributed by atoms with Crippen LogP contribution >= 0.6 is 12.2 Å². The van der Waals surface area contributed by atoms with Gasteiger partial charge in [0.1, 0.15) is 0 Å². The molecular weight excluding hydrogens is 157 g/mol. The zero-order chi connectivity index (χ0) is 8.10. The van der Waals surface area contributed by atoms with Crippen LogP contribution in [0.2, 0.25) is 0 Å². The topological polar surface area (TPSA) is 38.0 Å². The molecule has 0 spiro atoms. The first kappa shape index (κ1) is 8.01. The minimum absolute atomic E-state index is 0.342. The maximum absolute atomic E-state index is 5.26. The van der Waals surface area contributed by atoms with Gasteiger partial charge in [-0.25, -0.2) is 0 Å². The van der Waals surface area contributed by atoms with E-state index in [0.717, 1.165) is 0 Å². The van der Waals surface area contributed by atoms with Crippen molar-refractivity contribution in [2.75, 3.05) is 0 Å². The smallest absolute Gasteiger partial charge is 0.163 e. The summed E-state index contributed by atoms with van der Waals surface area (Å²) in [5, 5.41) is 3.21. The molecule has 0 heterocycles. The van der Waals surface area contributed by atoms with Gasteiger partial charge in [-0.1, -0.05) is 30.3 Å². The summed E-state index contributed by atoms with van der Waals surface area (Å²) in [5.41, 5.74) is 6.44. The molecule has 0 atom stereocenters. The molecule has 11 heavy (non-hydrogen) atoms. The van der Waals surface area contributed by atoms with Gasteiger partial charge >= 0.3 is 0 Å². The molecule has 2 nitrogen and oxygen atoms in total. The molecule has 0 aliphatic heterocycles. The lowest BCUT2D eigenvalue weighted by Crippen LogP contribution is -2.28. The van der Waals surface area contributed by atoms with Crippen LogP contribution in [0.1, 0.15) is 5.56 Å². The number of benzene rings is 1.